The molecule has 0 aliphatic heterocycles. The van der Waals surface area contributed by atoms with Crippen LogP contribution in [0.25, 0.3) is 10.8 Å². The van der Waals surface area contributed by atoms with Crippen LogP contribution in [-0.4, -0.2) is 10.9 Å². The van der Waals surface area contributed by atoms with E-state index in [2.05, 4.69) is 16.8 Å². The second-order valence-electron chi connectivity index (χ2n) is 3.38. The molecule has 1 aromatic carbocycles. The first-order valence-corrected chi connectivity index (χ1v) is 4.87. The number of hydrogen-bond acceptors (Lipinski definition) is 2. The van der Waals surface area contributed by atoms with E-state index in [0.717, 1.165) is 16.3 Å². The molecule has 0 saturated heterocycles. The predicted octanol–water partition coefficient (Wildman–Crippen LogP) is 1.46. The third kappa shape index (κ3) is 2.37. The van der Waals surface area contributed by atoms with Crippen LogP contribution in [0.1, 0.15) is 12.0 Å². The summed E-state index contributed by atoms with van der Waals surface area (Å²) < 4.78 is 0. The fourth-order valence-electron chi connectivity index (χ4n) is 1.39. The third-order valence-electron chi connectivity index (χ3n) is 2.14. The van der Waals surface area contributed by atoms with Gasteiger partial charge in [-0.25, -0.2) is 0 Å². The molecule has 3 heteroatoms. The number of pyridine rings is 1. The van der Waals surface area contributed by atoms with Crippen molar-refractivity contribution < 1.29 is 4.79 Å². The molecule has 2 rings (SSSR count). The van der Waals surface area contributed by atoms with Gasteiger partial charge in [-0.1, -0.05) is 17.9 Å². The van der Waals surface area contributed by atoms with Crippen molar-refractivity contribution >= 4 is 16.7 Å². The van der Waals surface area contributed by atoms with Gasteiger partial charge in [-0.15, -0.1) is 0 Å². The summed E-state index contributed by atoms with van der Waals surface area (Å²) in [7, 11) is 0. The Bertz CT molecular complexity index is 593. The maximum Gasteiger partial charge on any atom is 0.229 e. The van der Waals surface area contributed by atoms with E-state index in [1.54, 1.807) is 12.4 Å². The lowest BCUT2D eigenvalue weighted by Crippen LogP contribution is -2.08. The van der Waals surface area contributed by atoms with Gasteiger partial charge in [0.25, 0.3) is 0 Å². The van der Waals surface area contributed by atoms with Crippen molar-refractivity contribution in [3.05, 3.63) is 42.2 Å². The molecule has 2 aromatic rings. The Morgan fingerprint density at radius 3 is 3.00 bits per heavy atom. The minimum Gasteiger partial charge on any atom is -0.369 e. The van der Waals surface area contributed by atoms with Crippen molar-refractivity contribution in [3.8, 4) is 11.8 Å². The van der Waals surface area contributed by atoms with Crippen LogP contribution in [0.3, 0.4) is 0 Å². The van der Waals surface area contributed by atoms with Crippen LogP contribution in [0, 0.1) is 11.8 Å². The van der Waals surface area contributed by atoms with Crippen molar-refractivity contribution in [2.75, 3.05) is 0 Å². The average molecular weight is 210 g/mol. The summed E-state index contributed by atoms with van der Waals surface area (Å²) in [5.74, 6) is 5.22. The second-order valence-corrected chi connectivity index (χ2v) is 3.38. The largest absolute Gasteiger partial charge is 0.369 e. The second kappa shape index (κ2) is 4.45. The molecule has 0 bridgehead atoms. The summed E-state index contributed by atoms with van der Waals surface area (Å²) in [6.45, 7) is 0. The molecule has 0 radical (unpaired) electrons. The smallest absolute Gasteiger partial charge is 0.229 e. The number of rotatable bonds is 1. The quantitative estimate of drug-likeness (QED) is 0.724. The molecule has 1 aromatic heterocycles. The number of fused-ring (bicyclic) bond motifs is 1. The Labute approximate surface area is 93.3 Å². The molecule has 0 saturated carbocycles. The predicted molar refractivity (Wildman–Crippen MR) is 62.4 cm³/mol. The summed E-state index contributed by atoms with van der Waals surface area (Å²) in [4.78, 5) is 14.5. The van der Waals surface area contributed by atoms with Gasteiger partial charge < -0.3 is 5.73 Å². The molecule has 0 aliphatic carbocycles. The number of primary amides is 1. The van der Waals surface area contributed by atoms with Gasteiger partial charge >= 0.3 is 0 Å². The Balaban J connectivity index is 2.31. The zero-order valence-corrected chi connectivity index (χ0v) is 8.60. The Hall–Kier alpha value is -2.34. The first-order chi connectivity index (χ1) is 7.75. The highest BCUT2D eigenvalue weighted by atomic mass is 16.1. The molecule has 1 heterocycles. The first kappa shape index (κ1) is 10.2. The number of carbonyl (C=O) groups is 1. The normalized spacial score (nSPS) is 9.50. The standard InChI is InChI=1S/C13H10N2O/c14-13(16)3-1-2-10-4-5-12-9-15-7-6-11(12)8-10/h4-9H,3H2,(H2,14,16). The molecule has 1 amide bonds. The summed E-state index contributed by atoms with van der Waals surface area (Å²) in [5, 5.41) is 2.16. The lowest BCUT2D eigenvalue weighted by Gasteiger charge is -1.96. The number of aromatic nitrogens is 1. The third-order valence-corrected chi connectivity index (χ3v) is 2.14. The van der Waals surface area contributed by atoms with Crippen LogP contribution in [0.2, 0.25) is 0 Å². The highest BCUT2D eigenvalue weighted by Gasteiger charge is 1.93. The fourth-order valence-corrected chi connectivity index (χ4v) is 1.39. The minimum absolute atomic E-state index is 0.0916. The van der Waals surface area contributed by atoms with Gasteiger partial charge in [0, 0.05) is 23.3 Å². The number of hydrogen-bond donors (Lipinski definition) is 1. The Kier molecular flexibility index (Phi) is 2.84. The molecular formula is C13H10N2O. The maximum atomic E-state index is 10.5. The summed E-state index contributed by atoms with van der Waals surface area (Å²) >= 11 is 0. The van der Waals surface area contributed by atoms with Crippen LogP contribution in [-0.2, 0) is 4.79 Å². The monoisotopic (exact) mass is 210 g/mol. The van der Waals surface area contributed by atoms with Gasteiger partial charge in [-0.05, 0) is 23.6 Å². The van der Waals surface area contributed by atoms with Crippen LogP contribution < -0.4 is 5.73 Å². The van der Waals surface area contributed by atoms with E-state index in [-0.39, 0.29) is 6.42 Å². The molecule has 78 valence electrons. The average Bonchev–Trinajstić information content (AvgIpc) is 2.28. The van der Waals surface area contributed by atoms with Crippen molar-refractivity contribution in [2.24, 2.45) is 5.73 Å². The van der Waals surface area contributed by atoms with E-state index in [0.29, 0.717) is 0 Å². The lowest BCUT2D eigenvalue weighted by molar-refractivity contribution is -0.117. The number of benzene rings is 1. The van der Waals surface area contributed by atoms with Gasteiger partial charge in [-0.3, -0.25) is 9.78 Å². The number of nitrogens with zero attached hydrogens (tertiary/aromatic N) is 1. The van der Waals surface area contributed by atoms with E-state index >= 15 is 0 Å². The molecule has 2 N–H and O–H groups in total. The van der Waals surface area contributed by atoms with E-state index in [1.165, 1.54) is 0 Å². The maximum absolute atomic E-state index is 10.5. The number of carbonyl (C=O) groups excluding carboxylic acids is 1. The molecule has 0 aliphatic rings. The van der Waals surface area contributed by atoms with E-state index in [1.807, 2.05) is 24.3 Å². The van der Waals surface area contributed by atoms with Gasteiger partial charge in [0.2, 0.25) is 5.91 Å². The van der Waals surface area contributed by atoms with Gasteiger partial charge in [0.1, 0.15) is 0 Å². The first-order valence-electron chi connectivity index (χ1n) is 4.87. The topological polar surface area (TPSA) is 56.0 Å². The fraction of sp³-hybridized carbons (Fsp3) is 0.0769. The zero-order valence-electron chi connectivity index (χ0n) is 8.60. The van der Waals surface area contributed by atoms with E-state index in [9.17, 15) is 4.79 Å². The van der Waals surface area contributed by atoms with Crippen LogP contribution in [0.15, 0.2) is 36.7 Å². The summed E-state index contributed by atoms with van der Waals surface area (Å²) in [6, 6.07) is 7.74. The SMILES string of the molecule is NC(=O)CC#Cc1ccc2cnccc2c1. The molecule has 0 atom stereocenters. The molecular weight excluding hydrogens is 200 g/mol. The van der Waals surface area contributed by atoms with Gasteiger partial charge in [0.05, 0.1) is 6.42 Å². The van der Waals surface area contributed by atoms with Crippen molar-refractivity contribution in [1.82, 2.24) is 4.98 Å². The van der Waals surface area contributed by atoms with E-state index < -0.39 is 5.91 Å². The van der Waals surface area contributed by atoms with Crippen molar-refractivity contribution in [1.29, 1.82) is 0 Å². The van der Waals surface area contributed by atoms with E-state index in [4.69, 9.17) is 5.73 Å². The molecule has 0 fully saturated rings. The van der Waals surface area contributed by atoms with Gasteiger partial charge in [-0.2, -0.15) is 0 Å². The van der Waals surface area contributed by atoms with Crippen LogP contribution in [0.5, 0.6) is 0 Å². The lowest BCUT2D eigenvalue weighted by atomic mass is 10.1. The number of amides is 1. The zero-order chi connectivity index (χ0) is 11.4. The van der Waals surface area contributed by atoms with Crippen molar-refractivity contribution in [2.45, 2.75) is 6.42 Å². The van der Waals surface area contributed by atoms with Crippen LogP contribution >= 0.6 is 0 Å². The molecule has 3 nitrogen and oxygen atoms in total. The Morgan fingerprint density at radius 1 is 1.31 bits per heavy atom. The Morgan fingerprint density at radius 2 is 2.19 bits per heavy atom. The molecule has 0 spiro atoms. The highest BCUT2D eigenvalue weighted by molar-refractivity contribution is 5.83. The summed E-state index contributed by atoms with van der Waals surface area (Å²) in [6.07, 6.45) is 3.63. The minimum atomic E-state index is -0.405. The van der Waals surface area contributed by atoms with Crippen LogP contribution in [0.4, 0.5) is 0 Å². The van der Waals surface area contributed by atoms with Crippen molar-refractivity contribution in [3.63, 3.8) is 0 Å². The summed E-state index contributed by atoms with van der Waals surface area (Å²) in [5.41, 5.74) is 5.87. The molecule has 0 unspecified atom stereocenters. The molecule has 16 heavy (non-hydrogen) atoms. The highest BCUT2D eigenvalue weighted by Crippen LogP contribution is 2.13. The van der Waals surface area contributed by atoms with Gasteiger partial charge in [0.15, 0.2) is 0 Å². The number of nitrogens with two attached hydrogens (primary N) is 1.